The van der Waals surface area contributed by atoms with E-state index in [1.54, 1.807) is 12.4 Å². The fourth-order valence-electron chi connectivity index (χ4n) is 1.66. The van der Waals surface area contributed by atoms with Crippen molar-refractivity contribution in [1.82, 2.24) is 15.2 Å². The van der Waals surface area contributed by atoms with E-state index in [1.807, 2.05) is 0 Å². The van der Waals surface area contributed by atoms with Gasteiger partial charge in [0.05, 0.1) is 12.4 Å². The van der Waals surface area contributed by atoms with Gasteiger partial charge in [0, 0.05) is 13.1 Å². The summed E-state index contributed by atoms with van der Waals surface area (Å²) in [5.41, 5.74) is 0. The number of hydrogen-bond donors (Lipinski definition) is 0. The molecule has 0 bridgehead atoms. The van der Waals surface area contributed by atoms with Crippen molar-refractivity contribution in [3.63, 3.8) is 0 Å². The lowest BCUT2D eigenvalue weighted by Crippen LogP contribution is -2.26. The molecule has 4 heteroatoms. The van der Waals surface area contributed by atoms with Crippen LogP contribution in [-0.2, 0) is 0 Å². The van der Waals surface area contributed by atoms with Crippen LogP contribution in [0.2, 0.25) is 0 Å². The topological polar surface area (TPSA) is 41.9 Å². The lowest BCUT2D eigenvalue weighted by molar-refractivity contribution is 0.726. The van der Waals surface area contributed by atoms with Crippen LogP contribution in [0.25, 0.3) is 0 Å². The van der Waals surface area contributed by atoms with E-state index in [1.165, 1.54) is 25.7 Å². The molecule has 0 saturated carbocycles. The van der Waals surface area contributed by atoms with Gasteiger partial charge in [-0.25, -0.2) is 4.98 Å². The molecule has 13 heavy (non-hydrogen) atoms. The Morgan fingerprint density at radius 3 is 2.38 bits per heavy atom. The van der Waals surface area contributed by atoms with Crippen molar-refractivity contribution in [2.75, 3.05) is 18.0 Å². The van der Waals surface area contributed by atoms with Crippen LogP contribution in [0, 0.1) is 0 Å². The van der Waals surface area contributed by atoms with Gasteiger partial charge in [0.15, 0.2) is 0 Å². The summed E-state index contributed by atoms with van der Waals surface area (Å²) < 4.78 is 0. The minimum absolute atomic E-state index is 0.782. The first-order chi connectivity index (χ1) is 6.47. The maximum atomic E-state index is 4.20. The van der Waals surface area contributed by atoms with Gasteiger partial charge in [-0.2, -0.15) is 5.10 Å². The molecule has 1 aliphatic heterocycles. The van der Waals surface area contributed by atoms with Crippen molar-refractivity contribution in [3.8, 4) is 0 Å². The van der Waals surface area contributed by atoms with Crippen LogP contribution in [0.5, 0.6) is 0 Å². The minimum atomic E-state index is 0.782. The number of rotatable bonds is 1. The van der Waals surface area contributed by atoms with E-state index in [9.17, 15) is 0 Å². The Hall–Kier alpha value is -1.19. The molecule has 0 N–H and O–H groups in total. The monoisotopic (exact) mass is 178 g/mol. The second-order valence-corrected chi connectivity index (χ2v) is 3.34. The normalized spacial score (nSPS) is 18.3. The molecule has 2 heterocycles. The molecule has 0 radical (unpaired) electrons. The van der Waals surface area contributed by atoms with E-state index in [0.29, 0.717) is 0 Å². The summed E-state index contributed by atoms with van der Waals surface area (Å²) >= 11 is 0. The number of anilines is 1. The predicted molar refractivity (Wildman–Crippen MR) is 50.5 cm³/mol. The molecule has 2 rings (SSSR count). The molecule has 1 aromatic rings. The predicted octanol–water partition coefficient (Wildman–Crippen LogP) is 1.25. The zero-order chi connectivity index (χ0) is 8.93. The van der Waals surface area contributed by atoms with Gasteiger partial charge in [-0.3, -0.25) is 0 Å². The molecule has 0 aromatic carbocycles. The molecule has 0 spiro atoms. The van der Waals surface area contributed by atoms with Gasteiger partial charge >= 0.3 is 0 Å². The SMILES string of the molecule is c1cnc(N2CCCCCC2)nn1. The van der Waals surface area contributed by atoms with Gasteiger partial charge in [-0.15, -0.1) is 5.10 Å². The molecule has 1 saturated heterocycles. The Kier molecular flexibility index (Phi) is 2.69. The Morgan fingerprint density at radius 2 is 1.77 bits per heavy atom. The van der Waals surface area contributed by atoms with Crippen LogP contribution in [0.3, 0.4) is 0 Å². The number of aromatic nitrogens is 3. The lowest BCUT2D eigenvalue weighted by atomic mass is 10.2. The van der Waals surface area contributed by atoms with E-state index >= 15 is 0 Å². The van der Waals surface area contributed by atoms with Crippen LogP contribution in [0.4, 0.5) is 5.95 Å². The van der Waals surface area contributed by atoms with Crippen molar-refractivity contribution >= 4 is 5.95 Å². The molecular formula is C9H14N4. The van der Waals surface area contributed by atoms with E-state index < -0.39 is 0 Å². The molecule has 1 fully saturated rings. The van der Waals surface area contributed by atoms with Crippen molar-refractivity contribution in [3.05, 3.63) is 12.4 Å². The fraction of sp³-hybridized carbons (Fsp3) is 0.667. The lowest BCUT2D eigenvalue weighted by Gasteiger charge is -2.18. The Morgan fingerprint density at radius 1 is 1.00 bits per heavy atom. The van der Waals surface area contributed by atoms with Crippen LogP contribution in [-0.4, -0.2) is 28.3 Å². The summed E-state index contributed by atoms with van der Waals surface area (Å²) in [5, 5.41) is 7.85. The van der Waals surface area contributed by atoms with Gasteiger partial charge in [0.1, 0.15) is 0 Å². The van der Waals surface area contributed by atoms with Crippen molar-refractivity contribution < 1.29 is 0 Å². The average Bonchev–Trinajstić information content (AvgIpc) is 2.47. The van der Waals surface area contributed by atoms with E-state index in [0.717, 1.165) is 19.0 Å². The standard InChI is InChI=1S/C9H14N4/c1-2-4-8-13(7-3-1)9-10-5-6-11-12-9/h5-6H,1-4,7-8H2. The van der Waals surface area contributed by atoms with Crippen molar-refractivity contribution in [2.24, 2.45) is 0 Å². The Balaban J connectivity index is 2.06. The zero-order valence-corrected chi connectivity index (χ0v) is 7.69. The Labute approximate surface area is 78.0 Å². The van der Waals surface area contributed by atoms with Crippen LogP contribution >= 0.6 is 0 Å². The summed E-state index contributed by atoms with van der Waals surface area (Å²) in [6, 6.07) is 0. The average molecular weight is 178 g/mol. The highest BCUT2D eigenvalue weighted by atomic mass is 15.3. The van der Waals surface area contributed by atoms with Gasteiger partial charge in [0.2, 0.25) is 5.95 Å². The van der Waals surface area contributed by atoms with Gasteiger partial charge in [-0.05, 0) is 12.8 Å². The minimum Gasteiger partial charge on any atom is -0.340 e. The first-order valence-electron chi connectivity index (χ1n) is 4.85. The summed E-state index contributed by atoms with van der Waals surface area (Å²) in [5.74, 6) is 0.782. The maximum absolute atomic E-state index is 4.20. The summed E-state index contributed by atoms with van der Waals surface area (Å²) in [4.78, 5) is 6.42. The molecule has 70 valence electrons. The molecule has 1 aromatic heterocycles. The third kappa shape index (κ3) is 2.14. The molecule has 0 aliphatic carbocycles. The maximum Gasteiger partial charge on any atom is 0.245 e. The molecule has 0 unspecified atom stereocenters. The van der Waals surface area contributed by atoms with Gasteiger partial charge in [0.25, 0.3) is 0 Å². The summed E-state index contributed by atoms with van der Waals surface area (Å²) in [6.45, 7) is 2.15. The Bertz CT molecular complexity index is 241. The third-order valence-electron chi connectivity index (χ3n) is 2.36. The highest BCUT2D eigenvalue weighted by Gasteiger charge is 2.11. The zero-order valence-electron chi connectivity index (χ0n) is 7.69. The number of nitrogens with zero attached hydrogens (tertiary/aromatic N) is 4. The second kappa shape index (κ2) is 4.16. The van der Waals surface area contributed by atoms with Gasteiger partial charge in [-0.1, -0.05) is 12.8 Å². The smallest absolute Gasteiger partial charge is 0.245 e. The van der Waals surface area contributed by atoms with Gasteiger partial charge < -0.3 is 4.90 Å². The van der Waals surface area contributed by atoms with Crippen molar-refractivity contribution in [1.29, 1.82) is 0 Å². The van der Waals surface area contributed by atoms with Crippen molar-refractivity contribution in [2.45, 2.75) is 25.7 Å². The molecule has 0 atom stereocenters. The summed E-state index contributed by atoms with van der Waals surface area (Å²) in [7, 11) is 0. The highest BCUT2D eigenvalue weighted by Crippen LogP contribution is 2.13. The highest BCUT2D eigenvalue weighted by molar-refractivity contribution is 5.26. The van der Waals surface area contributed by atoms with E-state index in [4.69, 9.17) is 0 Å². The van der Waals surface area contributed by atoms with Crippen LogP contribution in [0.1, 0.15) is 25.7 Å². The van der Waals surface area contributed by atoms with E-state index in [2.05, 4.69) is 20.1 Å². The number of hydrogen-bond acceptors (Lipinski definition) is 4. The van der Waals surface area contributed by atoms with E-state index in [-0.39, 0.29) is 0 Å². The fourth-order valence-corrected chi connectivity index (χ4v) is 1.66. The quantitative estimate of drug-likeness (QED) is 0.649. The molecule has 0 amide bonds. The first-order valence-corrected chi connectivity index (χ1v) is 4.85. The largest absolute Gasteiger partial charge is 0.340 e. The third-order valence-corrected chi connectivity index (χ3v) is 2.36. The molecule has 4 nitrogen and oxygen atoms in total. The first kappa shape index (κ1) is 8.41. The van der Waals surface area contributed by atoms with Crippen LogP contribution in [0.15, 0.2) is 12.4 Å². The van der Waals surface area contributed by atoms with Crippen LogP contribution < -0.4 is 4.90 Å². The second-order valence-electron chi connectivity index (χ2n) is 3.34. The molecule has 1 aliphatic rings. The molecular weight excluding hydrogens is 164 g/mol. The summed E-state index contributed by atoms with van der Waals surface area (Å²) in [6.07, 6.45) is 8.47.